The van der Waals surface area contributed by atoms with E-state index >= 15 is 0 Å². The highest BCUT2D eigenvalue weighted by molar-refractivity contribution is 7.14. The molecule has 0 aliphatic carbocycles. The van der Waals surface area contributed by atoms with Crippen LogP contribution in [-0.4, -0.2) is 26.9 Å². The molecule has 0 atom stereocenters. The predicted molar refractivity (Wildman–Crippen MR) is 59.5 cm³/mol. The second-order valence-electron chi connectivity index (χ2n) is 3.16. The fraction of sp³-hybridized carbons (Fsp3) is 0.444. The first-order valence-electron chi connectivity index (χ1n) is 4.92. The number of H-pyrrole nitrogens is 1. The van der Waals surface area contributed by atoms with Crippen LogP contribution in [0.1, 0.15) is 18.4 Å². The van der Waals surface area contributed by atoms with Crippen molar-refractivity contribution < 1.29 is 0 Å². The first-order chi connectivity index (χ1) is 7.40. The number of rotatable bonds is 5. The van der Waals surface area contributed by atoms with Crippen molar-refractivity contribution in [1.29, 1.82) is 0 Å². The lowest BCUT2D eigenvalue weighted by Crippen LogP contribution is -2.13. The molecular weight excluding hydrogens is 210 g/mol. The Kier molecular flexibility index (Phi) is 3.41. The van der Waals surface area contributed by atoms with E-state index in [0.29, 0.717) is 0 Å². The molecule has 0 saturated carbocycles. The second-order valence-corrected chi connectivity index (χ2v) is 4.23. The van der Waals surface area contributed by atoms with E-state index in [-0.39, 0.29) is 0 Å². The van der Waals surface area contributed by atoms with Crippen LogP contribution in [0.4, 0.5) is 0 Å². The van der Waals surface area contributed by atoms with Gasteiger partial charge >= 0.3 is 0 Å². The SMILES string of the molecule is CCCNCc1nnc(-c2cn[nH]c2)s1. The summed E-state index contributed by atoms with van der Waals surface area (Å²) in [6.45, 7) is 3.95. The normalized spacial score (nSPS) is 10.7. The number of nitrogens with zero attached hydrogens (tertiary/aromatic N) is 3. The summed E-state index contributed by atoms with van der Waals surface area (Å²) in [4.78, 5) is 0. The van der Waals surface area contributed by atoms with E-state index in [9.17, 15) is 0 Å². The zero-order valence-electron chi connectivity index (χ0n) is 8.53. The van der Waals surface area contributed by atoms with Crippen molar-refractivity contribution in [1.82, 2.24) is 25.7 Å². The molecule has 0 amide bonds. The zero-order chi connectivity index (χ0) is 10.5. The lowest BCUT2D eigenvalue weighted by atomic mass is 10.4. The minimum Gasteiger partial charge on any atom is -0.310 e. The minimum absolute atomic E-state index is 0.795. The summed E-state index contributed by atoms with van der Waals surface area (Å²) < 4.78 is 0. The molecule has 2 aromatic rings. The lowest BCUT2D eigenvalue weighted by molar-refractivity contribution is 0.668. The molecule has 0 radical (unpaired) electrons. The van der Waals surface area contributed by atoms with Crippen LogP contribution >= 0.6 is 11.3 Å². The summed E-state index contributed by atoms with van der Waals surface area (Å²) >= 11 is 1.60. The molecule has 5 nitrogen and oxygen atoms in total. The smallest absolute Gasteiger partial charge is 0.151 e. The maximum Gasteiger partial charge on any atom is 0.151 e. The number of aromatic nitrogens is 4. The average Bonchev–Trinajstić information content (AvgIpc) is 2.87. The van der Waals surface area contributed by atoms with Gasteiger partial charge in [0.25, 0.3) is 0 Å². The Morgan fingerprint density at radius 3 is 3.13 bits per heavy atom. The standard InChI is InChI=1S/C9H13N5S/c1-2-3-10-6-8-13-14-9(15-8)7-4-11-12-5-7/h4-5,10H,2-3,6H2,1H3,(H,11,12). The molecule has 2 rings (SSSR count). The van der Waals surface area contributed by atoms with E-state index in [4.69, 9.17) is 0 Å². The molecular formula is C9H13N5S. The first kappa shape index (κ1) is 10.3. The second kappa shape index (κ2) is 4.99. The van der Waals surface area contributed by atoms with Gasteiger partial charge in [-0.3, -0.25) is 5.10 Å². The van der Waals surface area contributed by atoms with Gasteiger partial charge in [0.1, 0.15) is 5.01 Å². The summed E-state index contributed by atoms with van der Waals surface area (Å²) in [5.74, 6) is 0. The summed E-state index contributed by atoms with van der Waals surface area (Å²) in [5.41, 5.74) is 0.995. The van der Waals surface area contributed by atoms with Gasteiger partial charge in [0.05, 0.1) is 11.8 Å². The van der Waals surface area contributed by atoms with Crippen molar-refractivity contribution in [3.8, 4) is 10.6 Å². The molecule has 0 saturated heterocycles. The van der Waals surface area contributed by atoms with Crippen molar-refractivity contribution >= 4 is 11.3 Å². The molecule has 2 N–H and O–H groups in total. The van der Waals surface area contributed by atoms with Gasteiger partial charge in [-0.15, -0.1) is 10.2 Å². The van der Waals surface area contributed by atoms with Gasteiger partial charge in [-0.1, -0.05) is 18.3 Å². The van der Waals surface area contributed by atoms with E-state index < -0.39 is 0 Å². The van der Waals surface area contributed by atoms with Gasteiger partial charge < -0.3 is 5.32 Å². The van der Waals surface area contributed by atoms with Crippen LogP contribution in [-0.2, 0) is 6.54 Å². The summed E-state index contributed by atoms with van der Waals surface area (Å²) in [6, 6.07) is 0. The molecule has 80 valence electrons. The Hall–Kier alpha value is -1.27. The lowest BCUT2D eigenvalue weighted by Gasteiger charge is -1.96. The van der Waals surface area contributed by atoms with Crippen LogP contribution in [0.25, 0.3) is 10.6 Å². The quantitative estimate of drug-likeness (QED) is 0.752. The number of hydrogen-bond donors (Lipinski definition) is 2. The highest BCUT2D eigenvalue weighted by atomic mass is 32.1. The summed E-state index contributed by atoms with van der Waals surface area (Å²) in [6.07, 6.45) is 4.71. The van der Waals surface area contributed by atoms with Crippen LogP contribution in [0.3, 0.4) is 0 Å². The van der Waals surface area contributed by atoms with Gasteiger partial charge in [-0.05, 0) is 13.0 Å². The molecule has 0 bridgehead atoms. The van der Waals surface area contributed by atoms with Crippen LogP contribution in [0.15, 0.2) is 12.4 Å². The van der Waals surface area contributed by atoms with Gasteiger partial charge in [-0.2, -0.15) is 5.10 Å². The van der Waals surface area contributed by atoms with Crippen molar-refractivity contribution in [3.05, 3.63) is 17.4 Å². The largest absolute Gasteiger partial charge is 0.310 e. The first-order valence-corrected chi connectivity index (χ1v) is 5.74. The Labute approximate surface area is 91.9 Å². The van der Waals surface area contributed by atoms with E-state index in [1.165, 1.54) is 0 Å². The minimum atomic E-state index is 0.795. The zero-order valence-corrected chi connectivity index (χ0v) is 9.34. The molecule has 15 heavy (non-hydrogen) atoms. The molecule has 2 aromatic heterocycles. The molecule has 2 heterocycles. The topological polar surface area (TPSA) is 66.5 Å². The highest BCUT2D eigenvalue weighted by Crippen LogP contribution is 2.21. The van der Waals surface area contributed by atoms with Crippen molar-refractivity contribution in [3.63, 3.8) is 0 Å². The Morgan fingerprint density at radius 1 is 1.47 bits per heavy atom. The van der Waals surface area contributed by atoms with Crippen LogP contribution in [0.2, 0.25) is 0 Å². The highest BCUT2D eigenvalue weighted by Gasteiger charge is 2.06. The molecule has 0 fully saturated rings. The van der Waals surface area contributed by atoms with Gasteiger partial charge in [0, 0.05) is 12.7 Å². The summed E-state index contributed by atoms with van der Waals surface area (Å²) in [5, 5.41) is 20.1. The van der Waals surface area contributed by atoms with Gasteiger partial charge in [0.2, 0.25) is 0 Å². The third kappa shape index (κ3) is 2.60. The number of hydrogen-bond acceptors (Lipinski definition) is 5. The molecule has 0 aliphatic rings. The van der Waals surface area contributed by atoms with Gasteiger partial charge in [-0.25, -0.2) is 0 Å². The Balaban J connectivity index is 1.98. The predicted octanol–water partition coefficient (Wildman–Crippen LogP) is 1.43. The van der Waals surface area contributed by atoms with E-state index in [2.05, 4.69) is 32.6 Å². The Morgan fingerprint density at radius 2 is 2.40 bits per heavy atom. The molecule has 6 heteroatoms. The maximum atomic E-state index is 4.11. The van der Waals surface area contributed by atoms with Crippen molar-refractivity contribution in [2.45, 2.75) is 19.9 Å². The number of nitrogens with one attached hydrogen (secondary N) is 2. The Bertz CT molecular complexity index is 394. The average molecular weight is 223 g/mol. The van der Waals surface area contributed by atoms with Crippen LogP contribution in [0, 0.1) is 0 Å². The fourth-order valence-electron chi connectivity index (χ4n) is 1.18. The van der Waals surface area contributed by atoms with E-state index in [1.807, 2.05) is 6.20 Å². The van der Waals surface area contributed by atoms with Gasteiger partial charge in [0.15, 0.2) is 5.01 Å². The van der Waals surface area contributed by atoms with Crippen molar-refractivity contribution in [2.75, 3.05) is 6.54 Å². The van der Waals surface area contributed by atoms with E-state index in [0.717, 1.165) is 35.1 Å². The molecule has 0 spiro atoms. The fourth-order valence-corrected chi connectivity index (χ4v) is 1.97. The monoisotopic (exact) mass is 223 g/mol. The number of aromatic amines is 1. The molecule has 0 aromatic carbocycles. The third-order valence-electron chi connectivity index (χ3n) is 1.92. The molecule has 0 unspecified atom stereocenters. The van der Waals surface area contributed by atoms with Crippen LogP contribution < -0.4 is 5.32 Å². The summed E-state index contributed by atoms with van der Waals surface area (Å²) in [7, 11) is 0. The maximum absolute atomic E-state index is 4.11. The third-order valence-corrected chi connectivity index (χ3v) is 2.89. The van der Waals surface area contributed by atoms with Crippen LogP contribution in [0.5, 0.6) is 0 Å². The van der Waals surface area contributed by atoms with E-state index in [1.54, 1.807) is 17.5 Å². The molecule has 0 aliphatic heterocycles. The van der Waals surface area contributed by atoms with Crippen molar-refractivity contribution in [2.24, 2.45) is 0 Å².